The number of hydrogen-bond acceptors (Lipinski definition) is 2. The molecule has 2 heterocycles. The molecule has 1 N–H and O–H groups in total. The molecule has 0 bridgehead atoms. The average Bonchev–Trinajstić information content (AvgIpc) is 2.98. The fourth-order valence-electron chi connectivity index (χ4n) is 2.42. The summed E-state index contributed by atoms with van der Waals surface area (Å²) in [6.07, 6.45) is 4.84. The van der Waals surface area contributed by atoms with E-state index in [4.69, 9.17) is 0 Å². The first-order chi connectivity index (χ1) is 7.86. The van der Waals surface area contributed by atoms with Crippen LogP contribution in [0.1, 0.15) is 24.4 Å². The Morgan fingerprint density at radius 2 is 2.25 bits per heavy atom. The monoisotopic (exact) mass is 213 g/mol. The Morgan fingerprint density at radius 3 is 3.06 bits per heavy atom. The Morgan fingerprint density at radius 1 is 1.38 bits per heavy atom. The Hall–Kier alpha value is -1.77. The molecule has 1 aliphatic heterocycles. The summed E-state index contributed by atoms with van der Waals surface area (Å²) in [4.78, 5) is 9.94. The summed E-state index contributed by atoms with van der Waals surface area (Å²) in [5.41, 5.74) is 2.80. The van der Waals surface area contributed by atoms with E-state index >= 15 is 0 Å². The number of aromatic nitrogens is 2. The molecule has 16 heavy (non-hydrogen) atoms. The van der Waals surface area contributed by atoms with Crippen molar-refractivity contribution in [3.8, 4) is 0 Å². The number of benzene rings is 1. The number of nitrogens with one attached hydrogen (secondary N) is 1. The molecule has 0 fully saturated rings. The van der Waals surface area contributed by atoms with Gasteiger partial charge in [0.15, 0.2) is 0 Å². The number of aromatic amines is 1. The first kappa shape index (κ1) is 9.46. The number of para-hydroxylation sites is 1. The van der Waals surface area contributed by atoms with Crippen molar-refractivity contribution in [3.05, 3.63) is 48.0 Å². The second kappa shape index (κ2) is 3.67. The van der Waals surface area contributed by atoms with E-state index < -0.39 is 0 Å². The first-order valence-electron chi connectivity index (χ1n) is 5.70. The molecule has 0 spiro atoms. The lowest BCUT2D eigenvalue weighted by atomic mass is 10.2. The predicted octanol–water partition coefficient (Wildman–Crippen LogP) is 2.53. The zero-order valence-corrected chi connectivity index (χ0v) is 9.35. The molecule has 1 aliphatic rings. The molecule has 3 heteroatoms. The van der Waals surface area contributed by atoms with Gasteiger partial charge in [0.2, 0.25) is 0 Å². The van der Waals surface area contributed by atoms with Gasteiger partial charge in [0, 0.05) is 24.6 Å². The van der Waals surface area contributed by atoms with Gasteiger partial charge in [-0.05, 0) is 25.0 Å². The van der Waals surface area contributed by atoms with Crippen molar-refractivity contribution < 1.29 is 0 Å². The van der Waals surface area contributed by atoms with Gasteiger partial charge in [0.1, 0.15) is 5.82 Å². The molecule has 1 unspecified atom stereocenters. The maximum atomic E-state index is 4.34. The number of H-pyrrole nitrogens is 1. The topological polar surface area (TPSA) is 31.9 Å². The smallest absolute Gasteiger partial charge is 0.128 e. The van der Waals surface area contributed by atoms with Gasteiger partial charge in [0.25, 0.3) is 0 Å². The van der Waals surface area contributed by atoms with Crippen LogP contribution in [0, 0.1) is 0 Å². The summed E-state index contributed by atoms with van der Waals surface area (Å²) in [5, 5.41) is 0. The Labute approximate surface area is 95.1 Å². The second-order valence-electron chi connectivity index (χ2n) is 4.22. The number of hydrogen-bond donors (Lipinski definition) is 1. The van der Waals surface area contributed by atoms with Crippen LogP contribution in [0.15, 0.2) is 36.7 Å². The van der Waals surface area contributed by atoms with Crippen molar-refractivity contribution >= 4 is 5.69 Å². The molecule has 0 amide bonds. The largest absolute Gasteiger partial charge is 0.361 e. The minimum atomic E-state index is 0.318. The van der Waals surface area contributed by atoms with Crippen LogP contribution in [0.4, 0.5) is 5.69 Å². The first-order valence-corrected chi connectivity index (χ1v) is 5.70. The second-order valence-corrected chi connectivity index (χ2v) is 4.22. The lowest BCUT2D eigenvalue weighted by Gasteiger charge is -2.25. The van der Waals surface area contributed by atoms with E-state index in [1.165, 1.54) is 11.3 Å². The summed E-state index contributed by atoms with van der Waals surface area (Å²) in [5.74, 6) is 1.04. The lowest BCUT2D eigenvalue weighted by Crippen LogP contribution is -2.25. The van der Waals surface area contributed by atoms with Gasteiger partial charge in [-0.1, -0.05) is 18.2 Å². The maximum Gasteiger partial charge on any atom is 0.128 e. The van der Waals surface area contributed by atoms with Gasteiger partial charge in [0.05, 0.1) is 6.04 Å². The van der Waals surface area contributed by atoms with E-state index in [0.717, 1.165) is 18.8 Å². The molecule has 0 radical (unpaired) electrons. The number of anilines is 1. The highest BCUT2D eigenvalue weighted by atomic mass is 15.2. The third-order valence-corrected chi connectivity index (χ3v) is 3.31. The quantitative estimate of drug-likeness (QED) is 0.831. The molecule has 0 saturated heterocycles. The molecule has 3 rings (SSSR count). The van der Waals surface area contributed by atoms with E-state index in [-0.39, 0.29) is 0 Å². The van der Waals surface area contributed by atoms with E-state index in [2.05, 4.69) is 46.1 Å². The number of fused-ring (bicyclic) bond motifs is 1. The highest BCUT2D eigenvalue weighted by molar-refractivity contribution is 5.58. The maximum absolute atomic E-state index is 4.34. The van der Waals surface area contributed by atoms with E-state index in [1.54, 1.807) is 0 Å². The number of nitrogens with zero attached hydrogens (tertiary/aromatic N) is 2. The van der Waals surface area contributed by atoms with E-state index in [0.29, 0.717) is 6.04 Å². The molecule has 0 saturated carbocycles. The van der Waals surface area contributed by atoms with Crippen LogP contribution in [-0.2, 0) is 6.42 Å². The Kier molecular flexibility index (Phi) is 2.17. The van der Waals surface area contributed by atoms with Crippen LogP contribution in [0.2, 0.25) is 0 Å². The van der Waals surface area contributed by atoms with Gasteiger partial charge in [-0.3, -0.25) is 0 Å². The number of rotatable bonds is 2. The van der Waals surface area contributed by atoms with Crippen molar-refractivity contribution in [1.29, 1.82) is 0 Å². The van der Waals surface area contributed by atoms with Gasteiger partial charge in [-0.25, -0.2) is 4.98 Å². The standard InChI is InChI=1S/C13H15N3/c1-10(13-14-7-8-15-13)16-9-6-11-4-2-3-5-12(11)16/h2-5,7-8,10H,6,9H2,1H3,(H,14,15). The van der Waals surface area contributed by atoms with Crippen molar-refractivity contribution in [3.63, 3.8) is 0 Å². The number of imidazole rings is 1. The van der Waals surface area contributed by atoms with Crippen molar-refractivity contribution in [1.82, 2.24) is 9.97 Å². The molecule has 0 aliphatic carbocycles. The zero-order chi connectivity index (χ0) is 11.0. The molecule has 2 aromatic rings. The van der Waals surface area contributed by atoms with Gasteiger partial charge in [-0.15, -0.1) is 0 Å². The van der Waals surface area contributed by atoms with Gasteiger partial charge in [-0.2, -0.15) is 0 Å². The van der Waals surface area contributed by atoms with Gasteiger partial charge < -0.3 is 9.88 Å². The third-order valence-electron chi connectivity index (χ3n) is 3.31. The van der Waals surface area contributed by atoms with E-state index in [1.807, 2.05) is 12.4 Å². The SMILES string of the molecule is CC(c1ncc[nH]1)N1CCc2ccccc21. The molecule has 3 nitrogen and oxygen atoms in total. The third kappa shape index (κ3) is 1.40. The van der Waals surface area contributed by atoms with Crippen LogP contribution >= 0.6 is 0 Å². The van der Waals surface area contributed by atoms with Crippen LogP contribution in [0.25, 0.3) is 0 Å². The summed E-state index contributed by atoms with van der Waals surface area (Å²) in [6.45, 7) is 3.28. The fraction of sp³-hybridized carbons (Fsp3) is 0.308. The van der Waals surface area contributed by atoms with Crippen LogP contribution in [0.3, 0.4) is 0 Å². The summed E-state index contributed by atoms with van der Waals surface area (Å²) >= 11 is 0. The Balaban J connectivity index is 1.93. The fourth-order valence-corrected chi connectivity index (χ4v) is 2.42. The molecule has 1 aromatic carbocycles. The van der Waals surface area contributed by atoms with Crippen molar-refractivity contribution in [2.75, 3.05) is 11.4 Å². The Bertz CT molecular complexity index is 476. The minimum absolute atomic E-state index is 0.318. The summed E-state index contributed by atoms with van der Waals surface area (Å²) < 4.78 is 0. The van der Waals surface area contributed by atoms with Crippen molar-refractivity contribution in [2.24, 2.45) is 0 Å². The van der Waals surface area contributed by atoms with Crippen molar-refractivity contribution in [2.45, 2.75) is 19.4 Å². The van der Waals surface area contributed by atoms with Crippen LogP contribution in [0.5, 0.6) is 0 Å². The summed E-state index contributed by atoms with van der Waals surface area (Å²) in [6, 6.07) is 8.94. The summed E-state index contributed by atoms with van der Waals surface area (Å²) in [7, 11) is 0. The van der Waals surface area contributed by atoms with Gasteiger partial charge >= 0.3 is 0 Å². The minimum Gasteiger partial charge on any atom is -0.361 e. The molecule has 82 valence electrons. The van der Waals surface area contributed by atoms with Crippen LogP contribution < -0.4 is 4.90 Å². The lowest BCUT2D eigenvalue weighted by molar-refractivity contribution is 0.661. The average molecular weight is 213 g/mol. The molecule has 1 aromatic heterocycles. The zero-order valence-electron chi connectivity index (χ0n) is 9.35. The molecular weight excluding hydrogens is 198 g/mol. The van der Waals surface area contributed by atoms with E-state index in [9.17, 15) is 0 Å². The van der Waals surface area contributed by atoms with Crippen LogP contribution in [-0.4, -0.2) is 16.5 Å². The molecular formula is C13H15N3. The predicted molar refractivity (Wildman–Crippen MR) is 64.5 cm³/mol. The highest BCUT2D eigenvalue weighted by Gasteiger charge is 2.24. The highest BCUT2D eigenvalue weighted by Crippen LogP contribution is 2.33. The molecule has 1 atom stereocenters. The normalized spacial score (nSPS) is 16.2.